The lowest BCUT2D eigenvalue weighted by Gasteiger charge is -2.27. The van der Waals surface area contributed by atoms with E-state index in [1.54, 1.807) is 0 Å². The summed E-state index contributed by atoms with van der Waals surface area (Å²) in [7, 11) is 0. The van der Waals surface area contributed by atoms with Crippen LogP contribution < -0.4 is 15.8 Å². The smallest absolute Gasteiger partial charge is 0.210 e. The lowest BCUT2D eigenvalue weighted by atomic mass is 9.97. The summed E-state index contributed by atoms with van der Waals surface area (Å²) in [5.74, 6) is 1.77. The van der Waals surface area contributed by atoms with E-state index in [0.29, 0.717) is 23.9 Å². The van der Waals surface area contributed by atoms with Gasteiger partial charge in [-0.25, -0.2) is 4.98 Å². The van der Waals surface area contributed by atoms with Gasteiger partial charge in [0.05, 0.1) is 23.2 Å². The van der Waals surface area contributed by atoms with Gasteiger partial charge in [-0.1, -0.05) is 24.3 Å². The standard InChI is InChI=1S/C19H17N5O/c1-2-25-13-9-7-12(8-10-13)17-14(11-20)18(21)23-19-22-15-5-3-4-6-16(15)24(17)19/h3-10,17H,2,21H2,1H3,(H,22,23)/t17-/m1/s1. The maximum absolute atomic E-state index is 9.68. The molecule has 1 aliphatic rings. The number of nitrogens with zero attached hydrogens (tertiary/aromatic N) is 3. The zero-order valence-corrected chi connectivity index (χ0v) is 13.7. The molecule has 0 fully saturated rings. The topological polar surface area (TPSA) is 88.9 Å². The molecule has 0 bridgehead atoms. The number of imidazole rings is 1. The quantitative estimate of drug-likeness (QED) is 0.769. The molecule has 1 aliphatic heterocycles. The first-order chi connectivity index (χ1) is 12.2. The number of aromatic nitrogens is 2. The van der Waals surface area contributed by atoms with Gasteiger partial charge in [-0.05, 0) is 36.8 Å². The van der Waals surface area contributed by atoms with Crippen molar-refractivity contribution >= 4 is 17.0 Å². The van der Waals surface area contributed by atoms with Crippen LogP contribution >= 0.6 is 0 Å². The van der Waals surface area contributed by atoms with Crippen molar-refractivity contribution in [3.8, 4) is 11.8 Å². The number of hydrogen-bond acceptors (Lipinski definition) is 5. The number of allylic oxidation sites excluding steroid dienone is 1. The molecule has 2 heterocycles. The highest BCUT2D eigenvalue weighted by molar-refractivity contribution is 5.80. The predicted octanol–water partition coefficient (Wildman–Crippen LogP) is 3.14. The molecule has 0 saturated heterocycles. The van der Waals surface area contributed by atoms with Crippen molar-refractivity contribution in [3.63, 3.8) is 0 Å². The van der Waals surface area contributed by atoms with Crippen molar-refractivity contribution in [2.24, 2.45) is 5.73 Å². The molecular formula is C19H17N5O. The summed E-state index contributed by atoms with van der Waals surface area (Å²) in [5.41, 5.74) is 9.33. The van der Waals surface area contributed by atoms with Crippen LogP contribution in [0.3, 0.4) is 0 Å². The first-order valence-electron chi connectivity index (χ1n) is 8.09. The Balaban J connectivity index is 1.91. The Morgan fingerprint density at radius 2 is 2.00 bits per heavy atom. The number of nitriles is 1. The summed E-state index contributed by atoms with van der Waals surface area (Å²) >= 11 is 0. The van der Waals surface area contributed by atoms with E-state index in [4.69, 9.17) is 10.5 Å². The molecule has 0 radical (unpaired) electrons. The Morgan fingerprint density at radius 1 is 1.24 bits per heavy atom. The number of hydrogen-bond donors (Lipinski definition) is 2. The molecule has 124 valence electrons. The molecular weight excluding hydrogens is 314 g/mol. The number of nitrogens with two attached hydrogens (primary N) is 1. The van der Waals surface area contributed by atoms with Gasteiger partial charge in [-0.3, -0.25) is 4.57 Å². The summed E-state index contributed by atoms with van der Waals surface area (Å²) in [5, 5.41) is 12.7. The molecule has 3 aromatic rings. The highest BCUT2D eigenvalue weighted by atomic mass is 16.5. The van der Waals surface area contributed by atoms with Gasteiger partial charge in [0, 0.05) is 0 Å². The van der Waals surface area contributed by atoms with Crippen LogP contribution in [-0.4, -0.2) is 16.2 Å². The third kappa shape index (κ3) is 2.37. The van der Waals surface area contributed by atoms with E-state index in [-0.39, 0.29) is 6.04 Å². The zero-order valence-electron chi connectivity index (χ0n) is 13.7. The van der Waals surface area contributed by atoms with Gasteiger partial charge in [0.15, 0.2) is 0 Å². The molecule has 0 unspecified atom stereocenters. The molecule has 4 rings (SSSR count). The molecule has 0 aliphatic carbocycles. The number of ether oxygens (including phenoxy) is 1. The SMILES string of the molecule is CCOc1ccc([C@@H]2C(C#N)=C(N)Nc3nc4ccccc4n32)cc1. The maximum atomic E-state index is 9.68. The molecule has 3 N–H and O–H groups in total. The van der Waals surface area contributed by atoms with Crippen molar-refractivity contribution < 1.29 is 4.74 Å². The Morgan fingerprint density at radius 3 is 2.72 bits per heavy atom. The van der Waals surface area contributed by atoms with Crippen molar-refractivity contribution in [1.82, 2.24) is 9.55 Å². The average molecular weight is 331 g/mol. The number of fused-ring (bicyclic) bond motifs is 3. The molecule has 2 aromatic carbocycles. The molecule has 25 heavy (non-hydrogen) atoms. The number of benzene rings is 2. The Labute approximate surface area is 145 Å². The van der Waals surface area contributed by atoms with Gasteiger partial charge in [0.1, 0.15) is 23.7 Å². The van der Waals surface area contributed by atoms with Crippen LogP contribution in [-0.2, 0) is 0 Å². The number of para-hydroxylation sites is 2. The van der Waals surface area contributed by atoms with Gasteiger partial charge in [-0.2, -0.15) is 5.26 Å². The number of nitrogens with one attached hydrogen (secondary N) is 1. The summed E-state index contributed by atoms with van der Waals surface area (Å²) in [4.78, 5) is 4.60. The zero-order chi connectivity index (χ0) is 17.4. The van der Waals surface area contributed by atoms with Crippen molar-refractivity contribution in [2.75, 3.05) is 11.9 Å². The minimum absolute atomic E-state index is 0.329. The minimum Gasteiger partial charge on any atom is -0.494 e. The van der Waals surface area contributed by atoms with E-state index in [0.717, 1.165) is 22.3 Å². The van der Waals surface area contributed by atoms with Crippen LogP contribution in [0.5, 0.6) is 5.75 Å². The van der Waals surface area contributed by atoms with Crippen molar-refractivity contribution in [2.45, 2.75) is 13.0 Å². The van der Waals surface area contributed by atoms with Gasteiger partial charge in [-0.15, -0.1) is 0 Å². The number of anilines is 1. The minimum atomic E-state index is -0.329. The first-order valence-corrected chi connectivity index (χ1v) is 8.09. The molecule has 6 heteroatoms. The third-order valence-corrected chi connectivity index (χ3v) is 4.29. The van der Waals surface area contributed by atoms with Crippen LogP contribution in [0.15, 0.2) is 59.9 Å². The summed E-state index contributed by atoms with van der Waals surface area (Å²) in [6.45, 7) is 2.56. The second-order valence-electron chi connectivity index (χ2n) is 5.76. The van der Waals surface area contributed by atoms with E-state index in [2.05, 4.69) is 16.4 Å². The van der Waals surface area contributed by atoms with Crippen molar-refractivity contribution in [1.29, 1.82) is 5.26 Å². The molecule has 0 spiro atoms. The average Bonchev–Trinajstić information content (AvgIpc) is 2.99. The number of rotatable bonds is 3. The molecule has 0 amide bonds. The lowest BCUT2D eigenvalue weighted by Crippen LogP contribution is -2.27. The maximum Gasteiger partial charge on any atom is 0.210 e. The highest BCUT2D eigenvalue weighted by Crippen LogP contribution is 2.38. The summed E-state index contributed by atoms with van der Waals surface area (Å²) in [6, 6.07) is 17.5. The van der Waals surface area contributed by atoms with Gasteiger partial charge >= 0.3 is 0 Å². The van der Waals surface area contributed by atoms with E-state index in [1.165, 1.54) is 0 Å². The van der Waals surface area contributed by atoms with Crippen LogP contribution in [0.4, 0.5) is 5.95 Å². The predicted molar refractivity (Wildman–Crippen MR) is 95.9 cm³/mol. The second kappa shape index (κ2) is 5.87. The normalized spacial score (nSPS) is 16.2. The van der Waals surface area contributed by atoms with Gasteiger partial charge in [0.25, 0.3) is 0 Å². The van der Waals surface area contributed by atoms with Crippen molar-refractivity contribution in [3.05, 3.63) is 65.5 Å². The van der Waals surface area contributed by atoms with Gasteiger partial charge in [0.2, 0.25) is 5.95 Å². The fourth-order valence-electron chi connectivity index (χ4n) is 3.21. The van der Waals surface area contributed by atoms with E-state index in [9.17, 15) is 5.26 Å². The third-order valence-electron chi connectivity index (χ3n) is 4.29. The molecule has 6 nitrogen and oxygen atoms in total. The van der Waals surface area contributed by atoms with E-state index >= 15 is 0 Å². The van der Waals surface area contributed by atoms with Gasteiger partial charge < -0.3 is 15.8 Å². The second-order valence-corrected chi connectivity index (χ2v) is 5.76. The summed E-state index contributed by atoms with van der Waals surface area (Å²) < 4.78 is 7.53. The van der Waals surface area contributed by atoms with Crippen LogP contribution in [0.25, 0.3) is 11.0 Å². The van der Waals surface area contributed by atoms with E-state index < -0.39 is 0 Å². The summed E-state index contributed by atoms with van der Waals surface area (Å²) in [6.07, 6.45) is 0. The van der Waals surface area contributed by atoms with Crippen LogP contribution in [0, 0.1) is 11.3 Å². The lowest BCUT2D eigenvalue weighted by molar-refractivity contribution is 0.340. The molecule has 1 atom stereocenters. The highest BCUT2D eigenvalue weighted by Gasteiger charge is 2.30. The Hall–Kier alpha value is -3.46. The Bertz CT molecular complexity index is 1010. The first kappa shape index (κ1) is 15.1. The largest absolute Gasteiger partial charge is 0.494 e. The van der Waals surface area contributed by atoms with Crippen LogP contribution in [0.1, 0.15) is 18.5 Å². The van der Waals surface area contributed by atoms with Crippen LogP contribution in [0.2, 0.25) is 0 Å². The monoisotopic (exact) mass is 331 g/mol. The Kier molecular flexibility index (Phi) is 3.55. The molecule has 0 saturated carbocycles. The van der Waals surface area contributed by atoms with E-state index in [1.807, 2.05) is 60.0 Å². The fourth-order valence-corrected chi connectivity index (χ4v) is 3.21. The molecule has 1 aromatic heterocycles. The fraction of sp³-hybridized carbons (Fsp3) is 0.158.